The number of Topliss-reactive ketones (excluding diaryl/α,β-unsaturated/α-hetero) is 2. The number of allylic oxidation sites excluding steroid dienone is 2. The first-order chi connectivity index (χ1) is 7.93. The Balaban J connectivity index is 2.74. The molecule has 5 nitrogen and oxygen atoms in total. The van der Waals surface area contributed by atoms with Crippen molar-refractivity contribution in [3.63, 3.8) is 0 Å². The minimum Gasteiger partial charge on any atom is -0.508 e. The summed E-state index contributed by atoms with van der Waals surface area (Å²) in [6.07, 6.45) is 0. The topological polar surface area (TPSA) is 98.4 Å². The molecular formula is C12H9NO4. The van der Waals surface area contributed by atoms with E-state index in [9.17, 15) is 19.8 Å². The van der Waals surface area contributed by atoms with Crippen molar-refractivity contribution in [2.75, 3.05) is 0 Å². The molecule has 0 saturated heterocycles. The standard InChI is InChI=1S/C12H9NO4/c1-5(13)9-10(15)8-4-6(14)2-3-7(8)11(16)12(9)17/h2-4,13-14,17H,1H3. The Morgan fingerprint density at radius 1 is 1.12 bits per heavy atom. The van der Waals surface area contributed by atoms with Crippen LogP contribution < -0.4 is 0 Å². The summed E-state index contributed by atoms with van der Waals surface area (Å²) in [6, 6.07) is 3.70. The van der Waals surface area contributed by atoms with Gasteiger partial charge in [0.15, 0.2) is 11.5 Å². The fourth-order valence-corrected chi connectivity index (χ4v) is 1.75. The van der Waals surface area contributed by atoms with E-state index in [1.165, 1.54) is 19.1 Å². The molecule has 0 saturated carbocycles. The Labute approximate surface area is 96.5 Å². The van der Waals surface area contributed by atoms with E-state index in [0.717, 1.165) is 6.07 Å². The Morgan fingerprint density at radius 2 is 1.76 bits per heavy atom. The van der Waals surface area contributed by atoms with Gasteiger partial charge in [0, 0.05) is 16.8 Å². The summed E-state index contributed by atoms with van der Waals surface area (Å²) in [5.41, 5.74) is -0.451. The average Bonchev–Trinajstić information content (AvgIpc) is 2.26. The fourth-order valence-electron chi connectivity index (χ4n) is 1.75. The van der Waals surface area contributed by atoms with Crippen LogP contribution >= 0.6 is 0 Å². The molecule has 1 aliphatic rings. The SMILES string of the molecule is CC(=N)C1=C(O)C(=O)c2ccc(O)cc2C1=O. The number of aliphatic hydroxyl groups excluding tert-OH is 1. The van der Waals surface area contributed by atoms with E-state index in [-0.39, 0.29) is 28.2 Å². The molecule has 86 valence electrons. The summed E-state index contributed by atoms with van der Waals surface area (Å²) < 4.78 is 0. The normalized spacial score (nSPS) is 14.9. The van der Waals surface area contributed by atoms with E-state index >= 15 is 0 Å². The molecule has 0 heterocycles. The van der Waals surface area contributed by atoms with Crippen LogP contribution in [0.2, 0.25) is 0 Å². The van der Waals surface area contributed by atoms with Gasteiger partial charge in [0.25, 0.3) is 0 Å². The maximum absolute atomic E-state index is 11.9. The number of hydrogen-bond donors (Lipinski definition) is 3. The van der Waals surface area contributed by atoms with Crippen LogP contribution in [0, 0.1) is 5.41 Å². The van der Waals surface area contributed by atoms with Gasteiger partial charge in [-0.15, -0.1) is 0 Å². The van der Waals surface area contributed by atoms with Crippen molar-refractivity contribution in [1.82, 2.24) is 0 Å². The van der Waals surface area contributed by atoms with Crippen molar-refractivity contribution in [3.05, 3.63) is 40.7 Å². The monoisotopic (exact) mass is 231 g/mol. The molecule has 2 rings (SSSR count). The van der Waals surface area contributed by atoms with E-state index in [2.05, 4.69) is 0 Å². The first kappa shape index (κ1) is 11.1. The van der Waals surface area contributed by atoms with Crippen molar-refractivity contribution in [1.29, 1.82) is 5.41 Å². The summed E-state index contributed by atoms with van der Waals surface area (Å²) in [7, 11) is 0. The number of carbonyl (C=O) groups excluding carboxylic acids is 2. The molecule has 0 radical (unpaired) electrons. The first-order valence-electron chi connectivity index (χ1n) is 4.84. The van der Waals surface area contributed by atoms with Crippen molar-refractivity contribution < 1.29 is 19.8 Å². The van der Waals surface area contributed by atoms with E-state index in [0.29, 0.717) is 0 Å². The van der Waals surface area contributed by atoms with Gasteiger partial charge in [-0.3, -0.25) is 9.59 Å². The van der Waals surface area contributed by atoms with Crippen LogP contribution in [0.25, 0.3) is 0 Å². The van der Waals surface area contributed by atoms with Crippen LogP contribution in [0.3, 0.4) is 0 Å². The molecule has 5 heteroatoms. The highest BCUT2D eigenvalue weighted by Gasteiger charge is 2.33. The van der Waals surface area contributed by atoms with Crippen molar-refractivity contribution >= 4 is 17.3 Å². The molecule has 0 bridgehead atoms. The van der Waals surface area contributed by atoms with Gasteiger partial charge < -0.3 is 15.6 Å². The molecule has 1 aliphatic carbocycles. The smallest absolute Gasteiger partial charge is 0.228 e. The lowest BCUT2D eigenvalue weighted by Gasteiger charge is -2.16. The van der Waals surface area contributed by atoms with Crippen LogP contribution in [0.1, 0.15) is 27.6 Å². The van der Waals surface area contributed by atoms with Gasteiger partial charge in [-0.2, -0.15) is 0 Å². The Kier molecular flexibility index (Phi) is 2.31. The molecule has 0 atom stereocenters. The minimum atomic E-state index is -0.708. The van der Waals surface area contributed by atoms with Crippen molar-refractivity contribution in [3.8, 4) is 5.75 Å². The predicted molar refractivity (Wildman–Crippen MR) is 59.8 cm³/mol. The Bertz CT molecular complexity index is 599. The zero-order valence-corrected chi connectivity index (χ0v) is 8.94. The molecule has 0 aliphatic heterocycles. The number of phenolic OH excluding ortho intramolecular Hbond substituents is 1. The molecular weight excluding hydrogens is 222 g/mol. The second kappa shape index (κ2) is 3.55. The van der Waals surface area contributed by atoms with E-state index in [4.69, 9.17) is 5.41 Å². The molecule has 0 amide bonds. The number of ketones is 2. The zero-order chi connectivity index (χ0) is 12.7. The Hall–Kier alpha value is -2.43. The number of phenols is 1. The summed E-state index contributed by atoms with van der Waals surface area (Å²) in [5.74, 6) is -2.18. The highest BCUT2D eigenvalue weighted by Crippen LogP contribution is 2.28. The second-order valence-corrected chi connectivity index (χ2v) is 3.74. The van der Waals surface area contributed by atoms with Crippen molar-refractivity contribution in [2.45, 2.75) is 6.92 Å². The number of aliphatic hydroxyl groups is 1. The van der Waals surface area contributed by atoms with Crippen LogP contribution in [-0.2, 0) is 0 Å². The third-order valence-electron chi connectivity index (χ3n) is 2.55. The quantitative estimate of drug-likeness (QED) is 0.639. The van der Waals surface area contributed by atoms with Gasteiger partial charge in [0.1, 0.15) is 5.75 Å². The van der Waals surface area contributed by atoms with Gasteiger partial charge in [-0.1, -0.05) is 0 Å². The minimum absolute atomic E-state index is 0.00870. The average molecular weight is 231 g/mol. The third-order valence-corrected chi connectivity index (χ3v) is 2.55. The lowest BCUT2D eigenvalue weighted by molar-refractivity contribution is 0.0934. The molecule has 0 fully saturated rings. The Morgan fingerprint density at radius 3 is 2.35 bits per heavy atom. The van der Waals surface area contributed by atoms with Crippen LogP contribution in [-0.4, -0.2) is 27.5 Å². The fraction of sp³-hybridized carbons (Fsp3) is 0.0833. The number of carbonyl (C=O) groups is 2. The summed E-state index contributed by atoms with van der Waals surface area (Å²) in [6.45, 7) is 1.31. The summed E-state index contributed by atoms with van der Waals surface area (Å²) in [4.78, 5) is 23.7. The molecule has 0 spiro atoms. The van der Waals surface area contributed by atoms with Gasteiger partial charge in [0.2, 0.25) is 5.78 Å². The maximum atomic E-state index is 11.9. The summed E-state index contributed by atoms with van der Waals surface area (Å²) >= 11 is 0. The number of benzene rings is 1. The van der Waals surface area contributed by atoms with E-state index in [1.54, 1.807) is 0 Å². The predicted octanol–water partition coefficient (Wildman–Crippen LogP) is 1.62. The highest BCUT2D eigenvalue weighted by atomic mass is 16.3. The maximum Gasteiger partial charge on any atom is 0.228 e. The molecule has 0 aromatic heterocycles. The van der Waals surface area contributed by atoms with E-state index in [1.807, 2.05) is 0 Å². The number of rotatable bonds is 1. The molecule has 0 unspecified atom stereocenters. The van der Waals surface area contributed by atoms with Crippen LogP contribution in [0.15, 0.2) is 29.5 Å². The molecule has 17 heavy (non-hydrogen) atoms. The number of aromatic hydroxyl groups is 1. The summed E-state index contributed by atoms with van der Waals surface area (Å²) in [5, 5.41) is 26.3. The third kappa shape index (κ3) is 1.52. The molecule has 1 aromatic rings. The van der Waals surface area contributed by atoms with Gasteiger partial charge >= 0.3 is 0 Å². The van der Waals surface area contributed by atoms with Crippen molar-refractivity contribution in [2.24, 2.45) is 0 Å². The number of fused-ring (bicyclic) bond motifs is 1. The number of hydrogen-bond acceptors (Lipinski definition) is 5. The highest BCUT2D eigenvalue weighted by molar-refractivity contribution is 6.36. The zero-order valence-electron chi connectivity index (χ0n) is 8.94. The van der Waals surface area contributed by atoms with Crippen LogP contribution in [0.5, 0.6) is 5.75 Å². The second-order valence-electron chi connectivity index (χ2n) is 3.74. The largest absolute Gasteiger partial charge is 0.508 e. The molecule has 3 N–H and O–H groups in total. The lowest BCUT2D eigenvalue weighted by Crippen LogP contribution is -2.25. The van der Waals surface area contributed by atoms with E-state index < -0.39 is 17.3 Å². The van der Waals surface area contributed by atoms with Gasteiger partial charge in [-0.05, 0) is 25.1 Å². The van der Waals surface area contributed by atoms with Gasteiger partial charge in [0.05, 0.1) is 5.57 Å². The number of nitrogens with one attached hydrogen (secondary N) is 1. The van der Waals surface area contributed by atoms with Crippen LogP contribution in [0.4, 0.5) is 0 Å². The lowest BCUT2D eigenvalue weighted by atomic mass is 9.86. The molecule has 1 aromatic carbocycles. The van der Waals surface area contributed by atoms with Gasteiger partial charge in [-0.25, -0.2) is 0 Å². The first-order valence-corrected chi connectivity index (χ1v) is 4.84.